The van der Waals surface area contributed by atoms with E-state index in [4.69, 9.17) is 16.3 Å². The topological polar surface area (TPSA) is 58.2 Å². The molecule has 0 aliphatic carbocycles. The largest absolute Gasteiger partial charge is 0.444 e. The molecule has 5 nitrogen and oxygen atoms in total. The van der Waals surface area contributed by atoms with Gasteiger partial charge in [-0.05, 0) is 30.2 Å². The van der Waals surface area contributed by atoms with E-state index >= 15 is 0 Å². The lowest BCUT2D eigenvalue weighted by molar-refractivity contribution is 0.0999. The number of carbonyl (C=O) groups excluding carboxylic acids is 1. The summed E-state index contributed by atoms with van der Waals surface area (Å²) in [6.07, 6.45) is 6.29. The molecule has 0 unspecified atom stereocenters. The van der Waals surface area contributed by atoms with Gasteiger partial charge in [0.2, 0.25) is 0 Å². The maximum Gasteiger partial charge on any atom is 0.410 e. The summed E-state index contributed by atoms with van der Waals surface area (Å²) in [4.78, 5) is 21.5. The Kier molecular flexibility index (Phi) is 4.63. The van der Waals surface area contributed by atoms with Crippen LogP contribution >= 0.6 is 11.6 Å². The van der Waals surface area contributed by atoms with Gasteiger partial charge in [-0.15, -0.1) is 0 Å². The predicted octanol–water partition coefficient (Wildman–Crippen LogP) is 4.64. The fourth-order valence-corrected chi connectivity index (χ4v) is 3.34. The minimum atomic E-state index is -0.319. The van der Waals surface area contributed by atoms with Crippen LogP contribution in [0.2, 0.25) is 5.02 Å². The number of amides is 1. The molecule has 0 spiro atoms. The minimum absolute atomic E-state index is 0.180. The monoisotopic (exact) mass is 367 g/mol. The van der Waals surface area contributed by atoms with Crippen LogP contribution < -0.4 is 0 Å². The van der Waals surface area contributed by atoms with Crippen LogP contribution in [0.1, 0.15) is 17.5 Å². The Morgan fingerprint density at radius 2 is 2.15 bits per heavy atom. The highest BCUT2D eigenvalue weighted by Crippen LogP contribution is 2.28. The van der Waals surface area contributed by atoms with Crippen LogP contribution in [0.15, 0.2) is 54.9 Å². The van der Waals surface area contributed by atoms with Gasteiger partial charge in [-0.1, -0.05) is 35.9 Å². The first-order chi connectivity index (χ1) is 12.7. The summed E-state index contributed by atoms with van der Waals surface area (Å²) in [6.45, 7) is 1.34. The Labute approximate surface area is 156 Å². The first-order valence-electron chi connectivity index (χ1n) is 8.49. The molecule has 3 heterocycles. The molecule has 1 amide bonds. The Hall–Kier alpha value is -2.79. The number of H-pyrrole nitrogens is 1. The number of pyridine rings is 1. The van der Waals surface area contributed by atoms with E-state index in [1.165, 1.54) is 5.57 Å². The van der Waals surface area contributed by atoms with Crippen LogP contribution in [0.25, 0.3) is 16.6 Å². The minimum Gasteiger partial charge on any atom is -0.444 e. The number of ether oxygens (including phenoxy) is 1. The molecule has 0 saturated heterocycles. The van der Waals surface area contributed by atoms with E-state index in [1.807, 2.05) is 30.5 Å². The number of carbonyl (C=O) groups is 1. The van der Waals surface area contributed by atoms with E-state index < -0.39 is 0 Å². The third-order valence-corrected chi connectivity index (χ3v) is 4.94. The Morgan fingerprint density at radius 1 is 1.27 bits per heavy atom. The third-order valence-electron chi connectivity index (χ3n) is 4.57. The molecular formula is C20H18ClN3O2. The summed E-state index contributed by atoms with van der Waals surface area (Å²) in [5, 5.41) is 1.71. The highest BCUT2D eigenvalue weighted by molar-refractivity contribution is 6.31. The SMILES string of the molecule is O=C(OCc1ccccc1Cl)N1CC=C(c2c[nH]c3ncccc23)CC1. The van der Waals surface area contributed by atoms with Gasteiger partial charge >= 0.3 is 6.09 Å². The second kappa shape index (κ2) is 7.22. The first-order valence-corrected chi connectivity index (χ1v) is 8.87. The molecule has 1 aromatic carbocycles. The summed E-state index contributed by atoms with van der Waals surface area (Å²) < 4.78 is 5.40. The summed E-state index contributed by atoms with van der Waals surface area (Å²) in [5.74, 6) is 0. The van der Waals surface area contributed by atoms with E-state index in [1.54, 1.807) is 17.2 Å². The van der Waals surface area contributed by atoms with Gasteiger partial charge in [0.1, 0.15) is 12.3 Å². The molecule has 0 fully saturated rings. The van der Waals surface area contributed by atoms with Crippen molar-refractivity contribution in [2.75, 3.05) is 13.1 Å². The molecule has 6 heteroatoms. The zero-order valence-electron chi connectivity index (χ0n) is 14.1. The van der Waals surface area contributed by atoms with Crippen LogP contribution in [-0.2, 0) is 11.3 Å². The number of aromatic nitrogens is 2. The van der Waals surface area contributed by atoms with Gasteiger partial charge in [-0.2, -0.15) is 0 Å². The predicted molar refractivity (Wildman–Crippen MR) is 102 cm³/mol. The summed E-state index contributed by atoms with van der Waals surface area (Å²) >= 11 is 6.09. The van der Waals surface area contributed by atoms with Crippen molar-refractivity contribution < 1.29 is 9.53 Å². The zero-order valence-corrected chi connectivity index (χ0v) is 14.9. The maximum absolute atomic E-state index is 12.3. The lowest BCUT2D eigenvalue weighted by Gasteiger charge is -2.25. The molecule has 1 aliphatic heterocycles. The number of benzene rings is 1. The molecular weight excluding hydrogens is 350 g/mol. The van der Waals surface area contributed by atoms with Crippen molar-refractivity contribution in [1.82, 2.24) is 14.9 Å². The fourth-order valence-electron chi connectivity index (χ4n) is 3.15. The molecule has 0 saturated carbocycles. The molecule has 0 bridgehead atoms. The van der Waals surface area contributed by atoms with Crippen molar-refractivity contribution in [2.45, 2.75) is 13.0 Å². The van der Waals surface area contributed by atoms with Gasteiger partial charge in [-0.25, -0.2) is 9.78 Å². The van der Waals surface area contributed by atoms with E-state index in [0.29, 0.717) is 18.1 Å². The van der Waals surface area contributed by atoms with Gasteiger partial charge in [0.25, 0.3) is 0 Å². The second-order valence-electron chi connectivity index (χ2n) is 6.17. The number of nitrogens with one attached hydrogen (secondary N) is 1. The number of rotatable bonds is 3. The lowest BCUT2D eigenvalue weighted by Crippen LogP contribution is -2.35. The van der Waals surface area contributed by atoms with Crippen molar-refractivity contribution in [3.63, 3.8) is 0 Å². The highest BCUT2D eigenvalue weighted by atomic mass is 35.5. The molecule has 3 aromatic rings. The van der Waals surface area contributed by atoms with Gasteiger partial charge in [0, 0.05) is 47.0 Å². The van der Waals surface area contributed by atoms with Crippen LogP contribution in [0.5, 0.6) is 0 Å². The first kappa shape index (κ1) is 16.7. The van der Waals surface area contributed by atoms with Crippen molar-refractivity contribution >= 4 is 34.3 Å². The number of hydrogen-bond donors (Lipinski definition) is 1. The normalized spacial score (nSPS) is 14.3. The number of halogens is 1. The molecule has 132 valence electrons. The van der Waals surface area contributed by atoms with E-state index in [0.717, 1.165) is 28.6 Å². The van der Waals surface area contributed by atoms with Gasteiger partial charge in [0.05, 0.1) is 0 Å². The Balaban J connectivity index is 1.41. The zero-order chi connectivity index (χ0) is 17.9. The molecule has 4 rings (SSSR count). The molecule has 1 aliphatic rings. The maximum atomic E-state index is 12.3. The lowest BCUT2D eigenvalue weighted by atomic mass is 10.00. The summed E-state index contributed by atoms with van der Waals surface area (Å²) in [5.41, 5.74) is 4.06. The van der Waals surface area contributed by atoms with E-state index in [2.05, 4.69) is 22.1 Å². The standard InChI is InChI=1S/C20H18ClN3O2/c21-18-6-2-1-4-15(18)13-26-20(25)24-10-7-14(8-11-24)17-12-23-19-16(17)5-3-9-22-19/h1-7,9,12H,8,10-11,13H2,(H,22,23). The van der Waals surface area contributed by atoms with Crippen LogP contribution in [0, 0.1) is 0 Å². The van der Waals surface area contributed by atoms with E-state index in [9.17, 15) is 4.79 Å². The number of fused-ring (bicyclic) bond motifs is 1. The van der Waals surface area contributed by atoms with Crippen molar-refractivity contribution in [1.29, 1.82) is 0 Å². The third kappa shape index (κ3) is 3.30. The van der Waals surface area contributed by atoms with E-state index in [-0.39, 0.29) is 12.7 Å². The number of hydrogen-bond acceptors (Lipinski definition) is 3. The molecule has 0 radical (unpaired) electrons. The fraction of sp³-hybridized carbons (Fsp3) is 0.200. The Morgan fingerprint density at radius 3 is 2.96 bits per heavy atom. The van der Waals surface area contributed by atoms with Crippen LogP contribution in [-0.4, -0.2) is 34.1 Å². The van der Waals surface area contributed by atoms with Gasteiger partial charge in [-0.3, -0.25) is 0 Å². The summed E-state index contributed by atoms with van der Waals surface area (Å²) in [6, 6.07) is 11.4. The van der Waals surface area contributed by atoms with Crippen LogP contribution in [0.4, 0.5) is 4.79 Å². The number of aromatic amines is 1. The average Bonchev–Trinajstić information content (AvgIpc) is 3.11. The van der Waals surface area contributed by atoms with Crippen LogP contribution in [0.3, 0.4) is 0 Å². The summed E-state index contributed by atoms with van der Waals surface area (Å²) in [7, 11) is 0. The molecule has 26 heavy (non-hydrogen) atoms. The molecule has 0 atom stereocenters. The van der Waals surface area contributed by atoms with Gasteiger partial charge in [0.15, 0.2) is 0 Å². The van der Waals surface area contributed by atoms with Crippen molar-refractivity contribution in [3.05, 3.63) is 71.0 Å². The van der Waals surface area contributed by atoms with Crippen molar-refractivity contribution in [2.24, 2.45) is 0 Å². The van der Waals surface area contributed by atoms with Crippen molar-refractivity contribution in [3.8, 4) is 0 Å². The molecule has 2 aromatic heterocycles. The number of nitrogens with zero attached hydrogens (tertiary/aromatic N) is 2. The smallest absolute Gasteiger partial charge is 0.410 e. The van der Waals surface area contributed by atoms with Gasteiger partial charge < -0.3 is 14.6 Å². The molecule has 1 N–H and O–H groups in total. The highest BCUT2D eigenvalue weighted by Gasteiger charge is 2.20. The quantitative estimate of drug-likeness (QED) is 0.733. The average molecular weight is 368 g/mol. The Bertz CT molecular complexity index is 980. The second-order valence-corrected chi connectivity index (χ2v) is 6.58.